The topological polar surface area (TPSA) is 97.3 Å². The van der Waals surface area contributed by atoms with E-state index in [9.17, 15) is 24.6 Å². The molecule has 0 unspecified atom stereocenters. The second kappa shape index (κ2) is 13.1. The zero-order chi connectivity index (χ0) is 21.6. The molecule has 0 bridgehead atoms. The first-order valence-electron chi connectivity index (χ1n) is 8.77. The molecular formula is C23H19AlO5. The molecule has 3 aromatic rings. The van der Waals surface area contributed by atoms with E-state index >= 15 is 0 Å². The van der Waals surface area contributed by atoms with E-state index in [1.54, 1.807) is 36.4 Å². The molecule has 29 heavy (non-hydrogen) atoms. The Balaban J connectivity index is 0.000000219. The van der Waals surface area contributed by atoms with Crippen LogP contribution in [0.1, 0.15) is 43.6 Å². The van der Waals surface area contributed by atoms with Crippen molar-refractivity contribution in [3.05, 3.63) is 107 Å². The third kappa shape index (κ3) is 9.02. The summed E-state index contributed by atoms with van der Waals surface area (Å²) in [6, 6.07) is 23.8. The van der Waals surface area contributed by atoms with E-state index in [1.165, 1.54) is 24.3 Å². The fraction of sp³-hybridized carbons (Fsp3) is 0.0870. The van der Waals surface area contributed by atoms with Crippen molar-refractivity contribution in [3.63, 3.8) is 0 Å². The molecule has 0 fully saturated rings. The molecule has 3 rings (SSSR count). The molecule has 0 atom stereocenters. The first-order valence-corrected chi connectivity index (χ1v) is 9.35. The number of carbonyl (C=O) groups is 3. The van der Waals surface area contributed by atoms with Crippen molar-refractivity contribution in [2.45, 2.75) is 13.3 Å². The zero-order valence-electron chi connectivity index (χ0n) is 15.9. The Morgan fingerprint density at radius 1 is 0.690 bits per heavy atom. The van der Waals surface area contributed by atoms with Gasteiger partial charge in [0.2, 0.25) is 0 Å². The second-order valence-electron chi connectivity index (χ2n) is 5.68. The molecular weight excluding hydrogens is 383 g/mol. The van der Waals surface area contributed by atoms with E-state index in [1.807, 2.05) is 31.2 Å². The van der Waals surface area contributed by atoms with Crippen LogP contribution in [0.3, 0.4) is 0 Å². The smallest absolute Gasteiger partial charge is 0.0715 e. The average molecular weight is 402 g/mol. The van der Waals surface area contributed by atoms with Crippen molar-refractivity contribution in [3.8, 4) is 0 Å². The SMILES string of the molecule is CCc1ccccc1[C](=O)[Al+2].O=C([O-])c1ccccc1.O=C([O-])c1ccccc1. The van der Waals surface area contributed by atoms with Crippen molar-refractivity contribution < 1.29 is 24.6 Å². The maximum Gasteiger partial charge on any atom is 0.0715 e. The van der Waals surface area contributed by atoms with Crippen LogP contribution in [-0.2, 0) is 6.42 Å². The number of hydrogen-bond acceptors (Lipinski definition) is 5. The maximum absolute atomic E-state index is 11.0. The van der Waals surface area contributed by atoms with Gasteiger partial charge in [0.1, 0.15) is 0 Å². The van der Waals surface area contributed by atoms with Crippen molar-refractivity contribution in [1.82, 2.24) is 0 Å². The van der Waals surface area contributed by atoms with Gasteiger partial charge in [-0.05, 0) is 11.1 Å². The van der Waals surface area contributed by atoms with E-state index in [0.29, 0.717) is 0 Å². The number of benzene rings is 3. The largest absolute Gasteiger partial charge is 0.545 e. The Labute approximate surface area is 178 Å². The minimum Gasteiger partial charge on any atom is -0.545 e. The van der Waals surface area contributed by atoms with Gasteiger partial charge in [-0.1, -0.05) is 60.7 Å². The molecule has 0 N–H and O–H groups in total. The minimum absolute atomic E-state index is 0.0717. The molecule has 0 radical (unpaired) electrons. The van der Waals surface area contributed by atoms with Crippen LogP contribution < -0.4 is 10.2 Å². The molecule has 0 aliphatic heterocycles. The molecule has 0 aromatic heterocycles. The van der Waals surface area contributed by atoms with E-state index in [0.717, 1.165) is 17.5 Å². The summed E-state index contributed by atoms with van der Waals surface area (Å²) in [6.45, 7) is 2.05. The summed E-state index contributed by atoms with van der Waals surface area (Å²) in [4.78, 5) is 31.2. The molecule has 0 saturated heterocycles. The normalized spacial score (nSPS) is 9.21. The first kappa shape index (κ1) is 23.8. The predicted molar refractivity (Wildman–Crippen MR) is 107 cm³/mol. The van der Waals surface area contributed by atoms with Gasteiger partial charge in [0.15, 0.2) is 0 Å². The molecule has 0 aliphatic carbocycles. The predicted octanol–water partition coefficient (Wildman–Crippen LogP) is 1.66. The van der Waals surface area contributed by atoms with Gasteiger partial charge in [0.05, 0.1) is 11.9 Å². The van der Waals surface area contributed by atoms with E-state index in [4.69, 9.17) is 0 Å². The Bertz CT molecular complexity index is 875. The van der Waals surface area contributed by atoms with Gasteiger partial charge >= 0.3 is 74.5 Å². The van der Waals surface area contributed by atoms with E-state index in [2.05, 4.69) is 16.3 Å². The Hall–Kier alpha value is -3.20. The van der Waals surface area contributed by atoms with E-state index in [-0.39, 0.29) is 15.8 Å². The average Bonchev–Trinajstić information content (AvgIpc) is 2.75. The third-order valence-corrected chi connectivity index (χ3v) is 3.99. The maximum atomic E-state index is 11.0. The van der Waals surface area contributed by atoms with Gasteiger partial charge in [-0.25, -0.2) is 0 Å². The molecule has 6 heteroatoms. The fourth-order valence-electron chi connectivity index (χ4n) is 2.22. The van der Waals surface area contributed by atoms with Crippen LogP contribution in [0.15, 0.2) is 84.9 Å². The van der Waals surface area contributed by atoms with Crippen LogP contribution in [0.25, 0.3) is 0 Å². The summed E-state index contributed by atoms with van der Waals surface area (Å²) in [6.07, 6.45) is 0.913. The van der Waals surface area contributed by atoms with Gasteiger partial charge in [0, 0.05) is 0 Å². The summed E-state index contributed by atoms with van der Waals surface area (Å²) >= 11 is 2.20. The van der Waals surface area contributed by atoms with Crippen molar-refractivity contribution in [2.75, 3.05) is 0 Å². The quantitative estimate of drug-likeness (QED) is 0.619. The van der Waals surface area contributed by atoms with Gasteiger partial charge < -0.3 is 19.8 Å². The first-order chi connectivity index (χ1) is 13.9. The number of hydrogen-bond donors (Lipinski definition) is 0. The number of rotatable bonds is 4. The molecule has 0 saturated carbocycles. The third-order valence-electron chi connectivity index (χ3n) is 3.68. The summed E-state index contributed by atoms with van der Waals surface area (Å²) in [7, 11) is 0. The van der Waals surface area contributed by atoms with Crippen LogP contribution in [0.4, 0.5) is 0 Å². The molecule has 144 valence electrons. The molecule has 5 nitrogen and oxygen atoms in total. The Kier molecular flexibility index (Phi) is 10.7. The molecule has 0 heterocycles. The Morgan fingerprint density at radius 3 is 1.34 bits per heavy atom. The number of carbonyl (C=O) groups excluding carboxylic acids is 3. The Morgan fingerprint density at radius 2 is 1.07 bits per heavy atom. The summed E-state index contributed by atoms with van der Waals surface area (Å²) in [5.74, 6) is -2.26. The van der Waals surface area contributed by atoms with Crippen LogP contribution >= 0.6 is 0 Å². The van der Waals surface area contributed by atoms with Gasteiger partial charge in [-0.3, -0.25) is 0 Å². The molecule has 0 aliphatic rings. The molecule has 0 amide bonds. The summed E-state index contributed by atoms with van der Waals surface area (Å²) in [5, 5.41) is 20.2. The number of aromatic carboxylic acids is 2. The number of carboxylic acids is 2. The minimum atomic E-state index is -1.13. The van der Waals surface area contributed by atoms with Crippen molar-refractivity contribution in [2.24, 2.45) is 0 Å². The van der Waals surface area contributed by atoms with Crippen LogP contribution in [-0.4, -0.2) is 32.9 Å². The summed E-state index contributed by atoms with van der Waals surface area (Å²) < 4.78 is 0.0717. The van der Waals surface area contributed by atoms with Gasteiger partial charge in [-0.2, -0.15) is 0 Å². The van der Waals surface area contributed by atoms with Crippen molar-refractivity contribution >= 4 is 32.9 Å². The number of aryl methyl sites for hydroxylation is 1. The standard InChI is InChI=1S/C9H9O.2C7H6O2.Al/c1-2-8-5-3-4-6-9(8)7-10;2*8-7(9)6-4-2-1-3-5-6;/h3-6H,2H2,1H3;2*1-5H,(H,8,9);/q;;;+2/p-2. The second-order valence-corrected chi connectivity index (χ2v) is 6.21. The van der Waals surface area contributed by atoms with Crippen LogP contribution in [0, 0.1) is 0 Å². The van der Waals surface area contributed by atoms with Gasteiger partial charge in [-0.15, -0.1) is 0 Å². The van der Waals surface area contributed by atoms with Crippen LogP contribution in [0.5, 0.6) is 0 Å². The zero-order valence-corrected chi connectivity index (χ0v) is 17.1. The fourth-order valence-corrected chi connectivity index (χ4v) is 2.50. The monoisotopic (exact) mass is 402 g/mol. The van der Waals surface area contributed by atoms with E-state index < -0.39 is 11.9 Å². The van der Waals surface area contributed by atoms with Gasteiger partial charge in [0.25, 0.3) is 0 Å². The molecule has 3 aromatic carbocycles. The summed E-state index contributed by atoms with van der Waals surface area (Å²) in [5.41, 5.74) is 2.38. The number of carboxylic acid groups (broad SMARTS) is 2. The van der Waals surface area contributed by atoms with Crippen LogP contribution in [0.2, 0.25) is 0 Å². The van der Waals surface area contributed by atoms with Crippen molar-refractivity contribution in [1.29, 1.82) is 0 Å². The molecule has 0 spiro atoms.